The molecule has 37 heavy (non-hydrogen) atoms. The summed E-state index contributed by atoms with van der Waals surface area (Å²) in [6, 6.07) is 0. The van der Waals surface area contributed by atoms with Gasteiger partial charge in [-0.05, 0) is 64.6 Å². The first-order valence-electron chi connectivity index (χ1n) is 17.0. The van der Waals surface area contributed by atoms with Crippen LogP contribution in [-0.4, -0.2) is 49.6 Å². The number of hydrogen-bond donors (Lipinski definition) is 0. The molecule has 1 unspecified atom stereocenters. The summed E-state index contributed by atoms with van der Waals surface area (Å²) in [7, 11) is 2.37. The maximum Gasteiger partial charge on any atom is 0.0227 e. The molecule has 0 aliphatic carbocycles. The van der Waals surface area contributed by atoms with Crippen molar-refractivity contribution in [3.8, 4) is 11.8 Å². The molecular formula is C35H68N2. The molecule has 0 radical (unpaired) electrons. The van der Waals surface area contributed by atoms with E-state index in [9.17, 15) is 0 Å². The zero-order valence-corrected chi connectivity index (χ0v) is 26.3. The summed E-state index contributed by atoms with van der Waals surface area (Å²) in [5.74, 6) is 9.72. The molecule has 0 aromatic rings. The van der Waals surface area contributed by atoms with E-state index in [0.717, 1.165) is 5.92 Å². The van der Waals surface area contributed by atoms with Gasteiger partial charge in [-0.3, -0.25) is 0 Å². The van der Waals surface area contributed by atoms with E-state index in [4.69, 9.17) is 0 Å². The van der Waals surface area contributed by atoms with Crippen molar-refractivity contribution in [1.82, 2.24) is 9.80 Å². The third-order valence-electron chi connectivity index (χ3n) is 8.69. The fourth-order valence-corrected chi connectivity index (χ4v) is 6.00. The molecule has 1 atom stereocenters. The van der Waals surface area contributed by atoms with Crippen LogP contribution in [0.4, 0.5) is 0 Å². The van der Waals surface area contributed by atoms with Gasteiger partial charge in [-0.2, -0.15) is 0 Å². The fourth-order valence-electron chi connectivity index (χ4n) is 6.00. The molecule has 0 amide bonds. The number of hydrogen-bond acceptors (Lipinski definition) is 2. The number of rotatable bonds is 23. The van der Waals surface area contributed by atoms with Crippen LogP contribution in [0.15, 0.2) is 0 Å². The summed E-state index contributed by atoms with van der Waals surface area (Å²) in [5, 5.41) is 0. The van der Waals surface area contributed by atoms with Crippen LogP contribution >= 0.6 is 0 Å². The van der Waals surface area contributed by atoms with Crippen molar-refractivity contribution in [3.63, 3.8) is 0 Å². The highest BCUT2D eigenvalue weighted by Gasteiger charge is 2.19. The molecule has 0 N–H and O–H groups in total. The Morgan fingerprint density at radius 1 is 0.676 bits per heavy atom. The van der Waals surface area contributed by atoms with Gasteiger partial charge in [0.2, 0.25) is 0 Å². The minimum absolute atomic E-state index is 0.643. The Labute approximate surface area is 235 Å². The standard InChI is InChI=1S/C35H68N2/c1-6-10-14-15-19-23-35(22-18-13-9-4)32-36(5)30-31-37-28-26-34(27-29-37)25-24-33(20-16-11-7-2)21-17-12-8-3/h33-35H,6-23,26-32H2,1-5H3. The molecule has 1 aliphatic heterocycles. The molecular weight excluding hydrogens is 448 g/mol. The normalized spacial score (nSPS) is 15.9. The highest BCUT2D eigenvalue weighted by molar-refractivity contribution is 5.08. The molecule has 2 nitrogen and oxygen atoms in total. The Morgan fingerprint density at radius 3 is 1.73 bits per heavy atom. The number of nitrogens with zero attached hydrogens (tertiary/aromatic N) is 2. The second-order valence-electron chi connectivity index (χ2n) is 12.4. The van der Waals surface area contributed by atoms with E-state index in [1.165, 1.54) is 161 Å². The zero-order valence-electron chi connectivity index (χ0n) is 26.3. The molecule has 0 saturated carbocycles. The van der Waals surface area contributed by atoms with Gasteiger partial charge in [0.15, 0.2) is 0 Å². The lowest BCUT2D eigenvalue weighted by Gasteiger charge is -2.32. The van der Waals surface area contributed by atoms with Crippen molar-refractivity contribution in [2.45, 2.75) is 156 Å². The third kappa shape index (κ3) is 19.2. The lowest BCUT2D eigenvalue weighted by molar-refractivity contribution is 0.168. The van der Waals surface area contributed by atoms with E-state index in [1.807, 2.05) is 0 Å². The van der Waals surface area contributed by atoms with Crippen LogP contribution in [0.5, 0.6) is 0 Å². The SMILES string of the molecule is CCCCCCCC(CCCCC)CN(C)CCN1CCC(C#CC(CCCCC)CCCCC)CC1. The van der Waals surface area contributed by atoms with E-state index in [2.05, 4.69) is 56.4 Å². The van der Waals surface area contributed by atoms with E-state index >= 15 is 0 Å². The van der Waals surface area contributed by atoms with Crippen LogP contribution < -0.4 is 0 Å². The van der Waals surface area contributed by atoms with Crippen LogP contribution in [-0.2, 0) is 0 Å². The summed E-state index contributed by atoms with van der Waals surface area (Å²) in [4.78, 5) is 5.36. The second kappa shape index (κ2) is 24.5. The van der Waals surface area contributed by atoms with Crippen LogP contribution in [0.1, 0.15) is 156 Å². The highest BCUT2D eigenvalue weighted by atomic mass is 15.2. The second-order valence-corrected chi connectivity index (χ2v) is 12.4. The van der Waals surface area contributed by atoms with Crippen LogP contribution in [0.2, 0.25) is 0 Å². The molecule has 1 aliphatic rings. The molecule has 0 spiro atoms. The average Bonchev–Trinajstić information content (AvgIpc) is 2.91. The Bertz CT molecular complexity index is 529. The molecule has 1 rings (SSSR count). The molecule has 218 valence electrons. The summed E-state index contributed by atoms with van der Waals surface area (Å²) in [5.41, 5.74) is 0. The number of piperidine rings is 1. The van der Waals surface area contributed by atoms with Crippen molar-refractivity contribution in [1.29, 1.82) is 0 Å². The smallest absolute Gasteiger partial charge is 0.0227 e. The average molecular weight is 517 g/mol. The van der Waals surface area contributed by atoms with Gasteiger partial charge >= 0.3 is 0 Å². The van der Waals surface area contributed by atoms with Crippen LogP contribution in [0.3, 0.4) is 0 Å². The third-order valence-corrected chi connectivity index (χ3v) is 8.69. The Hall–Kier alpha value is -0.520. The van der Waals surface area contributed by atoms with Crippen LogP contribution in [0, 0.1) is 29.6 Å². The Kier molecular flexibility index (Phi) is 22.9. The number of likely N-dealkylation sites (tertiary alicyclic amines) is 1. The van der Waals surface area contributed by atoms with Gasteiger partial charge in [-0.25, -0.2) is 0 Å². The topological polar surface area (TPSA) is 6.48 Å². The van der Waals surface area contributed by atoms with Gasteiger partial charge in [-0.1, -0.05) is 129 Å². The molecule has 1 saturated heterocycles. The predicted molar refractivity (Wildman–Crippen MR) is 167 cm³/mol. The molecule has 2 heteroatoms. The summed E-state index contributed by atoms with van der Waals surface area (Å²) < 4.78 is 0. The molecule has 0 bridgehead atoms. The monoisotopic (exact) mass is 517 g/mol. The summed E-state index contributed by atoms with van der Waals surface area (Å²) in [6.45, 7) is 15.5. The van der Waals surface area contributed by atoms with E-state index < -0.39 is 0 Å². The van der Waals surface area contributed by atoms with E-state index in [-0.39, 0.29) is 0 Å². The Balaban J connectivity index is 2.36. The minimum Gasteiger partial charge on any atom is -0.305 e. The van der Waals surface area contributed by atoms with Crippen LogP contribution in [0.25, 0.3) is 0 Å². The van der Waals surface area contributed by atoms with Crippen molar-refractivity contribution in [2.24, 2.45) is 17.8 Å². The lowest BCUT2D eigenvalue weighted by Crippen LogP contribution is -2.39. The van der Waals surface area contributed by atoms with Crippen molar-refractivity contribution in [2.75, 3.05) is 39.8 Å². The quantitative estimate of drug-likeness (QED) is 0.0984. The zero-order chi connectivity index (χ0) is 27.0. The Morgan fingerprint density at radius 2 is 1.16 bits per heavy atom. The number of likely N-dealkylation sites (N-methyl/N-ethyl adjacent to an activating group) is 1. The maximum atomic E-state index is 3.77. The first-order chi connectivity index (χ1) is 18.1. The molecule has 0 aromatic heterocycles. The first-order valence-corrected chi connectivity index (χ1v) is 17.0. The van der Waals surface area contributed by atoms with Crippen molar-refractivity contribution < 1.29 is 0 Å². The van der Waals surface area contributed by atoms with Crippen molar-refractivity contribution >= 4 is 0 Å². The number of unbranched alkanes of at least 4 members (excludes halogenated alkanes) is 10. The van der Waals surface area contributed by atoms with Gasteiger partial charge in [0.1, 0.15) is 0 Å². The van der Waals surface area contributed by atoms with E-state index in [0.29, 0.717) is 11.8 Å². The van der Waals surface area contributed by atoms with Crippen molar-refractivity contribution in [3.05, 3.63) is 0 Å². The van der Waals surface area contributed by atoms with Gasteiger partial charge < -0.3 is 9.80 Å². The molecule has 1 fully saturated rings. The van der Waals surface area contributed by atoms with Gasteiger partial charge in [-0.15, -0.1) is 0 Å². The van der Waals surface area contributed by atoms with Gasteiger partial charge in [0.05, 0.1) is 0 Å². The predicted octanol–water partition coefficient (Wildman–Crippen LogP) is 9.97. The van der Waals surface area contributed by atoms with Gasteiger partial charge in [0.25, 0.3) is 0 Å². The maximum absolute atomic E-state index is 3.77. The highest BCUT2D eigenvalue weighted by Crippen LogP contribution is 2.21. The first kappa shape index (κ1) is 34.5. The van der Waals surface area contributed by atoms with Gasteiger partial charge in [0, 0.05) is 31.5 Å². The lowest BCUT2D eigenvalue weighted by atomic mass is 9.92. The molecule has 1 heterocycles. The van der Waals surface area contributed by atoms with E-state index in [1.54, 1.807) is 0 Å². The largest absolute Gasteiger partial charge is 0.305 e. The summed E-state index contributed by atoms with van der Waals surface area (Å²) in [6.07, 6.45) is 27.5. The molecule has 0 aromatic carbocycles. The minimum atomic E-state index is 0.643. The fraction of sp³-hybridized carbons (Fsp3) is 0.943. The summed E-state index contributed by atoms with van der Waals surface area (Å²) >= 11 is 0.